The maximum Gasteiger partial charge on any atom is 0.252 e. The molecule has 2 N–H and O–H groups in total. The monoisotopic (exact) mass is 443 g/mol. The minimum atomic E-state index is -0.355. The van der Waals surface area contributed by atoms with Gasteiger partial charge in [-0.3, -0.25) is 9.78 Å². The Labute approximate surface area is 183 Å². The second-order valence-corrected chi connectivity index (χ2v) is 7.90. The standard InChI is InChI=1S/C21H26FN3O2.2ClH/c1-27-13-21(6-8-23-9-7-21)12-24-20(26)17-11-19(14-2-3-14)25-18-5-4-15(22)10-16(17)18;;/h4-5,10-11,14,23H,2-3,6-9,12-13H2,1H3,(H,24,26);2*1H. The highest BCUT2D eigenvalue weighted by molar-refractivity contribution is 6.06. The van der Waals surface area contributed by atoms with E-state index in [1.807, 2.05) is 6.07 Å². The summed E-state index contributed by atoms with van der Waals surface area (Å²) in [4.78, 5) is 17.7. The number of rotatable bonds is 6. The quantitative estimate of drug-likeness (QED) is 0.711. The number of methoxy groups -OCH3 is 1. The molecule has 0 radical (unpaired) electrons. The van der Waals surface area contributed by atoms with Gasteiger partial charge in [0.25, 0.3) is 5.91 Å². The van der Waals surface area contributed by atoms with Crippen LogP contribution in [0.3, 0.4) is 0 Å². The largest absolute Gasteiger partial charge is 0.384 e. The summed E-state index contributed by atoms with van der Waals surface area (Å²) >= 11 is 0. The van der Waals surface area contributed by atoms with Gasteiger partial charge in [-0.15, -0.1) is 24.8 Å². The summed E-state index contributed by atoms with van der Waals surface area (Å²) in [7, 11) is 1.70. The molecule has 2 heterocycles. The summed E-state index contributed by atoms with van der Waals surface area (Å²) in [6.07, 6.45) is 4.12. The first-order valence-electron chi connectivity index (χ1n) is 9.68. The van der Waals surface area contributed by atoms with Crippen LogP contribution in [-0.4, -0.2) is 44.2 Å². The predicted octanol–water partition coefficient (Wildman–Crippen LogP) is 3.84. The Balaban J connectivity index is 0.00000150. The molecule has 8 heteroatoms. The molecule has 29 heavy (non-hydrogen) atoms. The van der Waals surface area contributed by atoms with Crippen LogP contribution in [0.1, 0.15) is 47.7 Å². The number of nitrogens with one attached hydrogen (secondary N) is 2. The number of amides is 1. The van der Waals surface area contributed by atoms with Crippen LogP contribution < -0.4 is 10.6 Å². The van der Waals surface area contributed by atoms with E-state index in [0.717, 1.165) is 44.5 Å². The predicted molar refractivity (Wildman–Crippen MR) is 117 cm³/mol. The molecule has 1 amide bonds. The number of piperidine rings is 1. The van der Waals surface area contributed by atoms with Crippen LogP contribution in [0.2, 0.25) is 0 Å². The smallest absolute Gasteiger partial charge is 0.252 e. The lowest BCUT2D eigenvalue weighted by Gasteiger charge is -2.37. The Morgan fingerprint density at radius 2 is 2.00 bits per heavy atom. The average molecular weight is 444 g/mol. The van der Waals surface area contributed by atoms with Crippen molar-refractivity contribution in [2.24, 2.45) is 5.41 Å². The molecule has 5 nitrogen and oxygen atoms in total. The minimum Gasteiger partial charge on any atom is -0.384 e. The van der Waals surface area contributed by atoms with Gasteiger partial charge in [0.15, 0.2) is 0 Å². The highest BCUT2D eigenvalue weighted by Gasteiger charge is 2.33. The zero-order valence-electron chi connectivity index (χ0n) is 16.5. The fraction of sp³-hybridized carbons (Fsp3) is 0.524. The van der Waals surface area contributed by atoms with Gasteiger partial charge in [0, 0.05) is 36.1 Å². The summed E-state index contributed by atoms with van der Waals surface area (Å²) in [5.41, 5.74) is 2.08. The van der Waals surface area contributed by atoms with E-state index in [1.54, 1.807) is 13.2 Å². The van der Waals surface area contributed by atoms with Crippen molar-refractivity contribution in [3.8, 4) is 0 Å². The van der Waals surface area contributed by atoms with Crippen molar-refractivity contribution >= 4 is 41.6 Å². The van der Waals surface area contributed by atoms with Crippen molar-refractivity contribution in [3.63, 3.8) is 0 Å². The first-order chi connectivity index (χ1) is 13.1. The number of fused-ring (bicyclic) bond motifs is 1. The van der Waals surface area contributed by atoms with Crippen LogP contribution in [0.5, 0.6) is 0 Å². The second-order valence-electron chi connectivity index (χ2n) is 7.90. The van der Waals surface area contributed by atoms with Crippen molar-refractivity contribution in [2.45, 2.75) is 31.6 Å². The van der Waals surface area contributed by atoms with E-state index >= 15 is 0 Å². The van der Waals surface area contributed by atoms with E-state index in [-0.39, 0.29) is 42.0 Å². The summed E-state index contributed by atoms with van der Waals surface area (Å²) in [6.45, 7) is 3.02. The fourth-order valence-corrected chi connectivity index (χ4v) is 3.99. The van der Waals surface area contributed by atoms with Crippen molar-refractivity contribution in [2.75, 3.05) is 33.4 Å². The Hall–Kier alpha value is -1.47. The van der Waals surface area contributed by atoms with Gasteiger partial charge in [-0.1, -0.05) is 0 Å². The van der Waals surface area contributed by atoms with Crippen LogP contribution in [0.25, 0.3) is 10.9 Å². The molecular weight excluding hydrogens is 416 g/mol. The third kappa shape index (κ3) is 5.37. The van der Waals surface area contributed by atoms with E-state index in [2.05, 4.69) is 15.6 Å². The number of pyridine rings is 1. The highest BCUT2D eigenvalue weighted by atomic mass is 35.5. The number of carbonyl (C=O) groups is 1. The molecule has 1 aromatic carbocycles. The molecule has 2 aliphatic rings. The number of nitrogens with zero attached hydrogens (tertiary/aromatic N) is 1. The molecular formula is C21H28Cl2FN3O2. The van der Waals surface area contributed by atoms with Gasteiger partial charge < -0.3 is 15.4 Å². The molecule has 1 aliphatic carbocycles. The van der Waals surface area contributed by atoms with Crippen LogP contribution in [0.15, 0.2) is 24.3 Å². The number of hydrogen-bond acceptors (Lipinski definition) is 4. The topological polar surface area (TPSA) is 63.2 Å². The SMILES string of the molecule is COCC1(CNC(=O)c2cc(C3CC3)nc3ccc(F)cc23)CCNCC1.Cl.Cl. The Bertz CT molecular complexity index is 850. The van der Waals surface area contributed by atoms with Gasteiger partial charge >= 0.3 is 0 Å². The summed E-state index contributed by atoms with van der Waals surface area (Å²) in [5, 5.41) is 7.02. The van der Waals surface area contributed by atoms with Gasteiger partial charge in [-0.25, -0.2) is 4.39 Å². The van der Waals surface area contributed by atoms with Crippen molar-refractivity contribution in [1.29, 1.82) is 0 Å². The third-order valence-corrected chi connectivity index (χ3v) is 5.77. The summed E-state index contributed by atoms with van der Waals surface area (Å²) < 4.78 is 19.2. The Kier molecular flexibility index (Phi) is 8.23. The lowest BCUT2D eigenvalue weighted by molar-refractivity contribution is 0.0512. The third-order valence-electron chi connectivity index (χ3n) is 5.77. The van der Waals surface area contributed by atoms with E-state index < -0.39 is 0 Å². The first kappa shape index (κ1) is 23.8. The number of aromatic nitrogens is 1. The average Bonchev–Trinajstić information content (AvgIpc) is 3.52. The van der Waals surface area contributed by atoms with Gasteiger partial charge in [-0.05, 0) is 63.0 Å². The Morgan fingerprint density at radius 3 is 2.66 bits per heavy atom. The van der Waals surface area contributed by atoms with Crippen LogP contribution in [0.4, 0.5) is 4.39 Å². The normalized spacial score (nSPS) is 17.9. The molecule has 2 fully saturated rings. The zero-order chi connectivity index (χ0) is 18.9. The Morgan fingerprint density at radius 1 is 1.28 bits per heavy atom. The minimum absolute atomic E-state index is 0. The molecule has 2 aromatic rings. The molecule has 1 saturated heterocycles. The van der Waals surface area contributed by atoms with Crippen LogP contribution in [-0.2, 0) is 4.74 Å². The highest BCUT2D eigenvalue weighted by Crippen LogP contribution is 2.40. The summed E-state index contributed by atoms with van der Waals surface area (Å²) in [6, 6.07) is 6.31. The maximum absolute atomic E-state index is 13.8. The van der Waals surface area contributed by atoms with Crippen molar-refractivity contribution in [3.05, 3.63) is 41.3 Å². The van der Waals surface area contributed by atoms with E-state index in [0.29, 0.717) is 35.5 Å². The lowest BCUT2D eigenvalue weighted by Crippen LogP contribution is -2.47. The van der Waals surface area contributed by atoms with Gasteiger partial charge in [0.1, 0.15) is 5.82 Å². The second kappa shape index (κ2) is 10.0. The number of ether oxygens (including phenoxy) is 1. The number of halogens is 3. The van der Waals surface area contributed by atoms with Gasteiger partial charge in [0.05, 0.1) is 17.7 Å². The number of benzene rings is 1. The molecule has 1 aliphatic heterocycles. The molecule has 4 rings (SSSR count). The number of hydrogen-bond donors (Lipinski definition) is 2. The van der Waals surface area contributed by atoms with Crippen LogP contribution >= 0.6 is 24.8 Å². The molecule has 1 aromatic heterocycles. The molecule has 1 saturated carbocycles. The van der Waals surface area contributed by atoms with E-state index in [4.69, 9.17) is 4.74 Å². The number of carbonyl (C=O) groups excluding carboxylic acids is 1. The zero-order valence-corrected chi connectivity index (χ0v) is 18.1. The molecule has 0 unspecified atom stereocenters. The first-order valence-corrected chi connectivity index (χ1v) is 9.68. The van der Waals surface area contributed by atoms with Crippen molar-refractivity contribution in [1.82, 2.24) is 15.6 Å². The van der Waals surface area contributed by atoms with E-state index in [1.165, 1.54) is 12.1 Å². The van der Waals surface area contributed by atoms with Gasteiger partial charge in [-0.2, -0.15) is 0 Å². The molecule has 0 spiro atoms. The van der Waals surface area contributed by atoms with Gasteiger partial charge in [0.2, 0.25) is 0 Å². The van der Waals surface area contributed by atoms with Crippen molar-refractivity contribution < 1.29 is 13.9 Å². The molecule has 160 valence electrons. The maximum atomic E-state index is 13.8. The molecule has 0 atom stereocenters. The van der Waals surface area contributed by atoms with E-state index in [9.17, 15) is 9.18 Å². The summed E-state index contributed by atoms with van der Waals surface area (Å²) in [5.74, 6) is -0.0918. The lowest BCUT2D eigenvalue weighted by atomic mass is 9.79. The fourth-order valence-electron chi connectivity index (χ4n) is 3.99. The molecule has 0 bridgehead atoms. The van der Waals surface area contributed by atoms with Crippen LogP contribution in [0, 0.1) is 11.2 Å².